The van der Waals surface area contributed by atoms with Crippen molar-refractivity contribution in [3.8, 4) is 5.75 Å². The van der Waals surface area contributed by atoms with Crippen LogP contribution in [-0.2, 0) is 0 Å². The molecule has 1 N–H and O–H groups in total. The third kappa shape index (κ3) is 6.09. The molecule has 0 heterocycles. The summed E-state index contributed by atoms with van der Waals surface area (Å²) in [5, 5.41) is 3.71. The smallest absolute Gasteiger partial charge is 0.119 e. The van der Waals surface area contributed by atoms with Gasteiger partial charge in [0.2, 0.25) is 0 Å². The monoisotopic (exact) mass is 289 g/mol. The van der Waals surface area contributed by atoms with Crippen LogP contribution in [-0.4, -0.2) is 19.2 Å². The van der Waals surface area contributed by atoms with Gasteiger partial charge in [-0.25, -0.2) is 0 Å². The standard InChI is InChI=1S/C19H31NO/c1-3-12-20-18(15-17-8-4-5-9-17)11-13-21-19-10-6-7-16(2)14-19/h6-7,10,14,17-18,20H,3-5,8-9,11-13,15H2,1-2H3. The van der Waals surface area contributed by atoms with E-state index in [0.29, 0.717) is 6.04 Å². The third-order valence-electron chi connectivity index (χ3n) is 4.50. The SMILES string of the molecule is CCCNC(CCOc1cccc(C)c1)CC1CCCC1. The van der Waals surface area contributed by atoms with Crippen LogP contribution in [0.1, 0.15) is 57.4 Å². The van der Waals surface area contributed by atoms with Crippen molar-refractivity contribution in [3.63, 3.8) is 0 Å². The molecule has 0 aliphatic heterocycles. The quantitative estimate of drug-likeness (QED) is 0.710. The number of rotatable bonds is 9. The molecule has 2 heteroatoms. The summed E-state index contributed by atoms with van der Waals surface area (Å²) in [7, 11) is 0. The highest BCUT2D eigenvalue weighted by atomic mass is 16.5. The molecule has 1 unspecified atom stereocenters. The number of nitrogens with one attached hydrogen (secondary N) is 1. The maximum atomic E-state index is 5.92. The van der Waals surface area contributed by atoms with Crippen LogP contribution >= 0.6 is 0 Å². The Hall–Kier alpha value is -1.02. The van der Waals surface area contributed by atoms with Crippen molar-refractivity contribution in [2.45, 2.75) is 64.8 Å². The van der Waals surface area contributed by atoms with E-state index < -0.39 is 0 Å². The molecule has 0 amide bonds. The molecule has 21 heavy (non-hydrogen) atoms. The van der Waals surface area contributed by atoms with Crippen molar-refractivity contribution in [1.29, 1.82) is 0 Å². The van der Waals surface area contributed by atoms with Gasteiger partial charge < -0.3 is 10.1 Å². The number of benzene rings is 1. The molecule has 1 fully saturated rings. The summed E-state index contributed by atoms with van der Waals surface area (Å²) in [6.07, 6.45) is 9.39. The Kier molecular flexibility index (Phi) is 7.08. The molecule has 0 radical (unpaired) electrons. The van der Waals surface area contributed by atoms with Crippen LogP contribution in [0.5, 0.6) is 5.75 Å². The lowest BCUT2D eigenvalue weighted by atomic mass is 9.96. The zero-order chi connectivity index (χ0) is 14.9. The summed E-state index contributed by atoms with van der Waals surface area (Å²) in [6.45, 7) is 6.29. The summed E-state index contributed by atoms with van der Waals surface area (Å²) in [4.78, 5) is 0. The third-order valence-corrected chi connectivity index (χ3v) is 4.50. The van der Waals surface area contributed by atoms with Gasteiger partial charge in [0.25, 0.3) is 0 Å². The predicted molar refractivity (Wildman–Crippen MR) is 89.9 cm³/mol. The first-order valence-corrected chi connectivity index (χ1v) is 8.70. The Labute approximate surface area is 130 Å². The Bertz CT molecular complexity index is 398. The lowest BCUT2D eigenvalue weighted by Crippen LogP contribution is -2.33. The van der Waals surface area contributed by atoms with Crippen LogP contribution in [0.25, 0.3) is 0 Å². The summed E-state index contributed by atoms with van der Waals surface area (Å²) in [6, 6.07) is 8.97. The fourth-order valence-corrected chi connectivity index (χ4v) is 3.32. The van der Waals surface area contributed by atoms with E-state index in [1.165, 1.54) is 44.1 Å². The summed E-state index contributed by atoms with van der Waals surface area (Å²) in [5.74, 6) is 1.95. The zero-order valence-corrected chi connectivity index (χ0v) is 13.7. The summed E-state index contributed by atoms with van der Waals surface area (Å²) >= 11 is 0. The van der Waals surface area contributed by atoms with Gasteiger partial charge in [0, 0.05) is 6.04 Å². The van der Waals surface area contributed by atoms with Gasteiger partial charge in [-0.2, -0.15) is 0 Å². The van der Waals surface area contributed by atoms with Gasteiger partial charge in [-0.05, 0) is 56.3 Å². The molecule has 0 aromatic heterocycles. The van der Waals surface area contributed by atoms with Crippen molar-refractivity contribution >= 4 is 0 Å². The van der Waals surface area contributed by atoms with Gasteiger partial charge >= 0.3 is 0 Å². The molecule has 1 atom stereocenters. The Morgan fingerprint density at radius 1 is 1.29 bits per heavy atom. The largest absolute Gasteiger partial charge is 0.494 e. The van der Waals surface area contributed by atoms with Crippen LogP contribution in [0.2, 0.25) is 0 Å². The number of hydrogen-bond acceptors (Lipinski definition) is 2. The second-order valence-electron chi connectivity index (χ2n) is 6.49. The van der Waals surface area contributed by atoms with E-state index in [1.807, 2.05) is 0 Å². The molecule has 2 rings (SSSR count). The summed E-state index contributed by atoms with van der Waals surface area (Å²) < 4.78 is 5.92. The number of aryl methyl sites for hydroxylation is 1. The van der Waals surface area contributed by atoms with Gasteiger partial charge in [-0.1, -0.05) is 44.7 Å². The molecule has 1 saturated carbocycles. The molecular weight excluding hydrogens is 258 g/mol. The maximum absolute atomic E-state index is 5.92. The highest BCUT2D eigenvalue weighted by Gasteiger charge is 2.19. The van der Waals surface area contributed by atoms with E-state index in [9.17, 15) is 0 Å². The van der Waals surface area contributed by atoms with Crippen LogP contribution in [0.15, 0.2) is 24.3 Å². The van der Waals surface area contributed by atoms with E-state index >= 15 is 0 Å². The molecular formula is C19H31NO. The van der Waals surface area contributed by atoms with Gasteiger partial charge in [-0.3, -0.25) is 0 Å². The minimum Gasteiger partial charge on any atom is -0.494 e. The van der Waals surface area contributed by atoms with Crippen LogP contribution in [0.3, 0.4) is 0 Å². The van der Waals surface area contributed by atoms with Crippen LogP contribution in [0, 0.1) is 12.8 Å². The normalized spacial score (nSPS) is 17.0. The van der Waals surface area contributed by atoms with Gasteiger partial charge in [0.15, 0.2) is 0 Å². The highest BCUT2D eigenvalue weighted by molar-refractivity contribution is 5.27. The zero-order valence-electron chi connectivity index (χ0n) is 13.7. The Balaban J connectivity index is 1.74. The molecule has 1 aromatic rings. The predicted octanol–water partition coefficient (Wildman–Crippen LogP) is 4.71. The van der Waals surface area contributed by atoms with Gasteiger partial charge in [-0.15, -0.1) is 0 Å². The first-order valence-electron chi connectivity index (χ1n) is 8.70. The van der Waals surface area contributed by atoms with Crippen molar-refractivity contribution < 1.29 is 4.74 Å². The fourth-order valence-electron chi connectivity index (χ4n) is 3.32. The van der Waals surface area contributed by atoms with Crippen molar-refractivity contribution in [3.05, 3.63) is 29.8 Å². The second-order valence-corrected chi connectivity index (χ2v) is 6.49. The maximum Gasteiger partial charge on any atom is 0.119 e. The van der Waals surface area contributed by atoms with Gasteiger partial charge in [0.1, 0.15) is 5.75 Å². The summed E-state index contributed by atoms with van der Waals surface area (Å²) in [5.41, 5.74) is 1.26. The lowest BCUT2D eigenvalue weighted by molar-refractivity contribution is 0.267. The molecule has 1 aromatic carbocycles. The highest BCUT2D eigenvalue weighted by Crippen LogP contribution is 2.29. The minimum absolute atomic E-state index is 0.623. The van der Waals surface area contributed by atoms with E-state index in [1.54, 1.807) is 0 Å². The molecule has 0 bridgehead atoms. The van der Waals surface area contributed by atoms with Crippen molar-refractivity contribution in [2.24, 2.45) is 5.92 Å². The molecule has 1 aliphatic carbocycles. The first-order chi connectivity index (χ1) is 10.3. The van der Waals surface area contributed by atoms with E-state index in [4.69, 9.17) is 4.74 Å². The van der Waals surface area contributed by atoms with Crippen LogP contribution < -0.4 is 10.1 Å². The second kappa shape index (κ2) is 9.09. The molecule has 118 valence electrons. The average molecular weight is 289 g/mol. The number of ether oxygens (including phenoxy) is 1. The topological polar surface area (TPSA) is 21.3 Å². The van der Waals surface area contributed by atoms with E-state index in [0.717, 1.165) is 31.2 Å². The van der Waals surface area contributed by atoms with Gasteiger partial charge in [0.05, 0.1) is 6.61 Å². The minimum atomic E-state index is 0.623. The average Bonchev–Trinajstić information content (AvgIpc) is 2.97. The van der Waals surface area contributed by atoms with Crippen LogP contribution in [0.4, 0.5) is 0 Å². The Morgan fingerprint density at radius 3 is 2.81 bits per heavy atom. The van der Waals surface area contributed by atoms with E-state index in [-0.39, 0.29) is 0 Å². The van der Waals surface area contributed by atoms with E-state index in [2.05, 4.69) is 43.4 Å². The molecule has 0 spiro atoms. The van der Waals surface area contributed by atoms with Crippen molar-refractivity contribution in [2.75, 3.05) is 13.2 Å². The molecule has 1 aliphatic rings. The fraction of sp³-hybridized carbons (Fsp3) is 0.684. The molecule has 0 saturated heterocycles. The molecule has 2 nitrogen and oxygen atoms in total. The van der Waals surface area contributed by atoms with Crippen molar-refractivity contribution in [1.82, 2.24) is 5.32 Å². The lowest BCUT2D eigenvalue weighted by Gasteiger charge is -2.22. The first kappa shape index (κ1) is 16.4. The number of hydrogen-bond donors (Lipinski definition) is 1. The Morgan fingerprint density at radius 2 is 2.10 bits per heavy atom.